The molecular weight excluding hydrogens is 362 g/mol. The molecule has 1 aromatic rings. The van der Waals surface area contributed by atoms with Gasteiger partial charge in [-0.3, -0.25) is 0 Å². The summed E-state index contributed by atoms with van der Waals surface area (Å²) in [6, 6.07) is 1.85. The molecule has 0 fully saturated rings. The lowest BCUT2D eigenvalue weighted by atomic mass is 9.81. The number of hydrogen-bond acceptors (Lipinski definition) is 6. The van der Waals surface area contributed by atoms with E-state index >= 15 is 0 Å². The predicted octanol–water partition coefficient (Wildman–Crippen LogP) is 3.86. The zero-order valence-electron chi connectivity index (χ0n) is 14.6. The van der Waals surface area contributed by atoms with Crippen molar-refractivity contribution in [3.63, 3.8) is 0 Å². The van der Waals surface area contributed by atoms with Crippen LogP contribution in [0.5, 0.6) is 0 Å². The van der Waals surface area contributed by atoms with E-state index in [9.17, 15) is 9.59 Å². The van der Waals surface area contributed by atoms with E-state index in [0.29, 0.717) is 22.0 Å². The van der Waals surface area contributed by atoms with Gasteiger partial charge in [-0.1, -0.05) is 11.6 Å². The minimum Gasteiger partial charge on any atom is -0.460 e. The number of allylic oxidation sites excluding steroid dienone is 1. The number of likely N-dealkylation sites (N-methyl/N-ethyl adjacent to an activating group) is 1. The van der Waals surface area contributed by atoms with Crippen LogP contribution in [0.25, 0.3) is 0 Å². The highest BCUT2D eigenvalue weighted by Crippen LogP contribution is 2.47. The van der Waals surface area contributed by atoms with Gasteiger partial charge < -0.3 is 14.4 Å². The number of cyclic esters (lactones) is 1. The Bertz CT molecular complexity index is 793. The van der Waals surface area contributed by atoms with Crippen LogP contribution in [-0.2, 0) is 19.1 Å². The summed E-state index contributed by atoms with van der Waals surface area (Å²) < 4.78 is 11.3. The quantitative estimate of drug-likeness (QED) is 0.741. The van der Waals surface area contributed by atoms with Gasteiger partial charge in [0.2, 0.25) is 0 Å². The number of thiophene rings is 1. The van der Waals surface area contributed by atoms with Crippen molar-refractivity contribution in [2.45, 2.75) is 39.7 Å². The maximum absolute atomic E-state index is 12.9. The number of carbonyl (C=O) groups excluding carboxylic acids is 2. The van der Waals surface area contributed by atoms with Crippen LogP contribution in [0, 0.1) is 0 Å². The fourth-order valence-electron chi connectivity index (χ4n) is 3.41. The molecule has 1 unspecified atom stereocenters. The van der Waals surface area contributed by atoms with Crippen molar-refractivity contribution in [2.24, 2.45) is 0 Å². The van der Waals surface area contributed by atoms with Crippen LogP contribution in [0.3, 0.4) is 0 Å². The first-order chi connectivity index (χ1) is 11.9. The van der Waals surface area contributed by atoms with E-state index in [1.54, 1.807) is 13.8 Å². The number of hydrogen-bond donors (Lipinski definition) is 0. The van der Waals surface area contributed by atoms with Gasteiger partial charge in [0.05, 0.1) is 33.2 Å². The molecule has 0 aromatic carbocycles. The van der Waals surface area contributed by atoms with Gasteiger partial charge in [0, 0.05) is 12.2 Å². The Hall–Kier alpha value is -1.79. The smallest absolute Gasteiger partial charge is 0.337 e. The van der Waals surface area contributed by atoms with Gasteiger partial charge in [0.1, 0.15) is 6.61 Å². The van der Waals surface area contributed by atoms with Crippen LogP contribution in [0.4, 0.5) is 0 Å². The van der Waals surface area contributed by atoms with Gasteiger partial charge >= 0.3 is 11.9 Å². The van der Waals surface area contributed by atoms with E-state index in [1.807, 2.05) is 30.2 Å². The number of carbonyl (C=O) groups is 2. The van der Waals surface area contributed by atoms with Crippen molar-refractivity contribution < 1.29 is 19.1 Å². The van der Waals surface area contributed by atoms with E-state index in [-0.39, 0.29) is 12.7 Å². The van der Waals surface area contributed by atoms with E-state index < -0.39 is 17.9 Å². The molecule has 0 spiro atoms. The third kappa shape index (κ3) is 2.98. The summed E-state index contributed by atoms with van der Waals surface area (Å²) in [6.07, 6.45) is -0.257. The summed E-state index contributed by atoms with van der Waals surface area (Å²) in [5.74, 6) is -1.38. The Labute approximate surface area is 155 Å². The minimum atomic E-state index is -0.558. The van der Waals surface area contributed by atoms with Gasteiger partial charge in [0.25, 0.3) is 0 Å². The summed E-state index contributed by atoms with van der Waals surface area (Å²) in [5, 5.41) is 1.85. The molecule has 7 heteroatoms. The summed E-state index contributed by atoms with van der Waals surface area (Å²) in [5.41, 5.74) is 3.26. The van der Waals surface area contributed by atoms with Crippen LogP contribution in [0.2, 0.25) is 4.34 Å². The number of ether oxygens (including phenoxy) is 2. The van der Waals surface area contributed by atoms with E-state index in [2.05, 4.69) is 0 Å². The fourth-order valence-corrected chi connectivity index (χ4v) is 4.39. The Morgan fingerprint density at radius 2 is 2.24 bits per heavy atom. The van der Waals surface area contributed by atoms with Crippen LogP contribution in [-0.4, -0.2) is 36.1 Å². The van der Waals surface area contributed by atoms with Crippen molar-refractivity contribution in [3.8, 4) is 0 Å². The van der Waals surface area contributed by atoms with Crippen molar-refractivity contribution in [1.82, 2.24) is 4.90 Å². The van der Waals surface area contributed by atoms with Gasteiger partial charge in [-0.15, -0.1) is 11.3 Å². The molecule has 0 saturated heterocycles. The summed E-state index contributed by atoms with van der Waals surface area (Å²) in [7, 11) is 0. The van der Waals surface area contributed by atoms with Crippen molar-refractivity contribution in [2.75, 3.05) is 13.2 Å². The van der Waals surface area contributed by atoms with Crippen LogP contribution < -0.4 is 0 Å². The Morgan fingerprint density at radius 3 is 2.80 bits per heavy atom. The van der Waals surface area contributed by atoms with Gasteiger partial charge in [0.15, 0.2) is 0 Å². The van der Waals surface area contributed by atoms with Crippen LogP contribution in [0.1, 0.15) is 39.2 Å². The standard InChI is InChI=1S/C18H20ClNO4S/c1-5-20-10(4)13(18(22)24-9(2)3)14(11-6-7-25-16(11)19)15-12(20)8-23-17(15)21/h6-7,9,14H,5,8H2,1-4H3. The average molecular weight is 382 g/mol. The lowest BCUT2D eigenvalue weighted by molar-refractivity contribution is -0.143. The molecule has 0 saturated carbocycles. The Morgan fingerprint density at radius 1 is 1.52 bits per heavy atom. The monoisotopic (exact) mass is 381 g/mol. The molecule has 2 aliphatic heterocycles. The number of nitrogens with zero attached hydrogens (tertiary/aromatic N) is 1. The molecule has 0 aliphatic carbocycles. The summed E-state index contributed by atoms with van der Waals surface area (Å²) >= 11 is 7.73. The molecule has 1 aromatic heterocycles. The minimum absolute atomic E-state index is 0.212. The lowest BCUT2D eigenvalue weighted by Gasteiger charge is -2.35. The first-order valence-corrected chi connectivity index (χ1v) is 9.44. The average Bonchev–Trinajstić information content (AvgIpc) is 3.12. The molecule has 0 amide bonds. The van der Waals surface area contributed by atoms with Gasteiger partial charge in [-0.05, 0) is 44.7 Å². The zero-order valence-corrected chi connectivity index (χ0v) is 16.2. The first-order valence-electron chi connectivity index (χ1n) is 8.19. The Kier molecular flexibility index (Phi) is 4.93. The molecule has 5 nitrogen and oxygen atoms in total. The van der Waals surface area contributed by atoms with Gasteiger partial charge in [-0.25, -0.2) is 9.59 Å². The topological polar surface area (TPSA) is 55.8 Å². The molecule has 3 rings (SSSR count). The second kappa shape index (κ2) is 6.84. The zero-order chi connectivity index (χ0) is 18.3. The highest BCUT2D eigenvalue weighted by molar-refractivity contribution is 7.14. The van der Waals surface area contributed by atoms with E-state index in [4.69, 9.17) is 21.1 Å². The molecule has 3 heterocycles. The number of halogens is 1. The highest BCUT2D eigenvalue weighted by atomic mass is 35.5. The highest BCUT2D eigenvalue weighted by Gasteiger charge is 2.45. The molecule has 1 atom stereocenters. The molecule has 0 N–H and O–H groups in total. The molecule has 2 aliphatic rings. The van der Waals surface area contributed by atoms with Crippen molar-refractivity contribution >= 4 is 34.9 Å². The van der Waals surface area contributed by atoms with Crippen LogP contribution in [0.15, 0.2) is 34.0 Å². The first kappa shape index (κ1) is 18.0. The van der Waals surface area contributed by atoms with Crippen LogP contribution >= 0.6 is 22.9 Å². The maximum atomic E-state index is 12.9. The molecule has 0 bridgehead atoms. The van der Waals surface area contributed by atoms with Gasteiger partial charge in [-0.2, -0.15) is 0 Å². The van der Waals surface area contributed by atoms with E-state index in [1.165, 1.54) is 11.3 Å². The third-order valence-corrected chi connectivity index (χ3v) is 5.60. The van der Waals surface area contributed by atoms with Crippen molar-refractivity contribution in [3.05, 3.63) is 43.9 Å². The number of rotatable bonds is 4. The van der Waals surface area contributed by atoms with Crippen molar-refractivity contribution in [1.29, 1.82) is 0 Å². The molecular formula is C18H20ClNO4S. The number of esters is 2. The SMILES string of the molecule is CCN1C(C)=C(C(=O)OC(C)C)C(c2ccsc2Cl)C2=C1COC2=O. The summed E-state index contributed by atoms with van der Waals surface area (Å²) in [4.78, 5) is 27.3. The lowest BCUT2D eigenvalue weighted by Crippen LogP contribution is -2.34. The normalized spacial score (nSPS) is 20.3. The molecule has 25 heavy (non-hydrogen) atoms. The third-order valence-electron chi connectivity index (χ3n) is 4.40. The Balaban J connectivity index is 2.21. The largest absolute Gasteiger partial charge is 0.460 e. The maximum Gasteiger partial charge on any atom is 0.337 e. The van der Waals surface area contributed by atoms with E-state index in [0.717, 1.165) is 17.0 Å². The molecule has 0 radical (unpaired) electrons. The second-order valence-corrected chi connectivity index (χ2v) is 7.73. The second-order valence-electron chi connectivity index (χ2n) is 6.22. The summed E-state index contributed by atoms with van der Waals surface area (Å²) in [6.45, 7) is 8.29. The molecule has 134 valence electrons. The predicted molar refractivity (Wildman–Crippen MR) is 96.4 cm³/mol. The fraction of sp³-hybridized carbons (Fsp3) is 0.444.